The van der Waals surface area contributed by atoms with E-state index in [-0.39, 0.29) is 11.9 Å². The maximum Gasteiger partial charge on any atom is 0.241 e. The average Bonchev–Trinajstić information content (AvgIpc) is 2.83. The molecule has 1 unspecified atom stereocenters. The van der Waals surface area contributed by atoms with Gasteiger partial charge in [-0.3, -0.25) is 9.48 Å². The van der Waals surface area contributed by atoms with E-state index in [1.807, 2.05) is 50.5 Å². The van der Waals surface area contributed by atoms with Gasteiger partial charge in [0, 0.05) is 31.0 Å². The van der Waals surface area contributed by atoms with Gasteiger partial charge in [-0.25, -0.2) is 0 Å². The smallest absolute Gasteiger partial charge is 0.241 e. The summed E-state index contributed by atoms with van der Waals surface area (Å²) in [5.74, 6) is -0.0462. The van der Waals surface area contributed by atoms with Gasteiger partial charge >= 0.3 is 0 Å². The van der Waals surface area contributed by atoms with Crippen molar-refractivity contribution in [2.75, 3.05) is 5.32 Å². The monoisotopic (exact) mass is 258 g/mol. The fourth-order valence-electron chi connectivity index (χ4n) is 1.70. The molecule has 5 heteroatoms. The lowest BCUT2D eigenvalue weighted by Gasteiger charge is -2.13. The van der Waals surface area contributed by atoms with Crippen molar-refractivity contribution in [2.45, 2.75) is 19.5 Å². The molecule has 1 amide bonds. The summed E-state index contributed by atoms with van der Waals surface area (Å²) in [6, 6.07) is 9.17. The number of aryl methyl sites for hydroxylation is 1. The Morgan fingerprint density at radius 3 is 2.74 bits per heavy atom. The maximum absolute atomic E-state index is 11.9. The van der Waals surface area contributed by atoms with E-state index in [1.165, 1.54) is 0 Å². The first-order valence-electron chi connectivity index (χ1n) is 6.22. The Kier molecular flexibility index (Phi) is 4.30. The SMILES string of the molecule is CC(NCc1cnn(C)c1)C(=O)Nc1ccccc1. The van der Waals surface area contributed by atoms with Crippen molar-refractivity contribution in [1.29, 1.82) is 0 Å². The quantitative estimate of drug-likeness (QED) is 0.855. The van der Waals surface area contributed by atoms with Crippen LogP contribution in [0.1, 0.15) is 12.5 Å². The van der Waals surface area contributed by atoms with Crippen LogP contribution in [0, 0.1) is 0 Å². The van der Waals surface area contributed by atoms with Crippen LogP contribution in [0.15, 0.2) is 42.7 Å². The minimum atomic E-state index is -0.264. The van der Waals surface area contributed by atoms with Crippen LogP contribution in [-0.2, 0) is 18.4 Å². The number of aromatic nitrogens is 2. The van der Waals surface area contributed by atoms with E-state index in [9.17, 15) is 4.79 Å². The summed E-state index contributed by atoms with van der Waals surface area (Å²) in [5.41, 5.74) is 1.87. The van der Waals surface area contributed by atoms with E-state index in [2.05, 4.69) is 15.7 Å². The number of hydrogen-bond donors (Lipinski definition) is 2. The fraction of sp³-hybridized carbons (Fsp3) is 0.286. The lowest BCUT2D eigenvalue weighted by molar-refractivity contribution is -0.117. The molecule has 2 rings (SSSR count). The van der Waals surface area contributed by atoms with Gasteiger partial charge in [-0.1, -0.05) is 18.2 Å². The molecular weight excluding hydrogens is 240 g/mol. The summed E-state index contributed by atoms with van der Waals surface area (Å²) < 4.78 is 1.74. The van der Waals surface area contributed by atoms with Crippen LogP contribution in [0.4, 0.5) is 5.69 Å². The van der Waals surface area contributed by atoms with Crippen molar-refractivity contribution >= 4 is 11.6 Å². The van der Waals surface area contributed by atoms with Crippen molar-refractivity contribution in [2.24, 2.45) is 7.05 Å². The van der Waals surface area contributed by atoms with Gasteiger partial charge in [-0.15, -0.1) is 0 Å². The van der Waals surface area contributed by atoms with Crippen molar-refractivity contribution in [1.82, 2.24) is 15.1 Å². The molecule has 0 fully saturated rings. The number of hydrogen-bond acceptors (Lipinski definition) is 3. The predicted octanol–water partition coefficient (Wildman–Crippen LogP) is 1.54. The summed E-state index contributed by atoms with van der Waals surface area (Å²) >= 11 is 0. The molecule has 2 aromatic rings. The Morgan fingerprint density at radius 1 is 1.37 bits per heavy atom. The summed E-state index contributed by atoms with van der Waals surface area (Å²) in [4.78, 5) is 11.9. The van der Waals surface area contributed by atoms with Crippen LogP contribution in [0.25, 0.3) is 0 Å². The van der Waals surface area contributed by atoms with Crippen LogP contribution in [-0.4, -0.2) is 21.7 Å². The molecule has 1 heterocycles. The Labute approximate surface area is 112 Å². The molecular formula is C14H18N4O. The normalized spacial score (nSPS) is 12.1. The average molecular weight is 258 g/mol. The van der Waals surface area contributed by atoms with Gasteiger partial charge in [-0.05, 0) is 19.1 Å². The molecule has 0 aliphatic carbocycles. The topological polar surface area (TPSA) is 59.0 Å². The van der Waals surface area contributed by atoms with E-state index in [0.29, 0.717) is 6.54 Å². The van der Waals surface area contributed by atoms with E-state index in [0.717, 1.165) is 11.3 Å². The van der Waals surface area contributed by atoms with Gasteiger partial charge in [0.25, 0.3) is 0 Å². The van der Waals surface area contributed by atoms with E-state index in [4.69, 9.17) is 0 Å². The molecule has 19 heavy (non-hydrogen) atoms. The van der Waals surface area contributed by atoms with Gasteiger partial charge < -0.3 is 10.6 Å². The second-order valence-corrected chi connectivity index (χ2v) is 4.48. The van der Waals surface area contributed by atoms with Crippen LogP contribution in [0.2, 0.25) is 0 Å². The van der Waals surface area contributed by atoms with Gasteiger partial charge in [0.2, 0.25) is 5.91 Å². The third-order valence-corrected chi connectivity index (χ3v) is 2.81. The summed E-state index contributed by atoms with van der Waals surface area (Å²) in [6.45, 7) is 2.46. The van der Waals surface area contributed by atoms with E-state index >= 15 is 0 Å². The number of para-hydroxylation sites is 1. The van der Waals surface area contributed by atoms with E-state index in [1.54, 1.807) is 10.9 Å². The molecule has 0 spiro atoms. The Bertz CT molecular complexity index is 535. The van der Waals surface area contributed by atoms with Gasteiger partial charge in [0.05, 0.1) is 12.2 Å². The molecule has 2 N–H and O–H groups in total. The third-order valence-electron chi connectivity index (χ3n) is 2.81. The number of benzene rings is 1. The van der Waals surface area contributed by atoms with Gasteiger partial charge in [-0.2, -0.15) is 5.10 Å². The largest absolute Gasteiger partial charge is 0.325 e. The molecule has 0 saturated carbocycles. The van der Waals surface area contributed by atoms with E-state index < -0.39 is 0 Å². The first-order valence-corrected chi connectivity index (χ1v) is 6.22. The number of anilines is 1. The van der Waals surface area contributed by atoms with Crippen LogP contribution in [0.5, 0.6) is 0 Å². The maximum atomic E-state index is 11.9. The lowest BCUT2D eigenvalue weighted by Crippen LogP contribution is -2.37. The minimum absolute atomic E-state index is 0.0462. The molecule has 0 aliphatic heterocycles. The zero-order chi connectivity index (χ0) is 13.7. The van der Waals surface area contributed by atoms with Crippen LogP contribution in [0.3, 0.4) is 0 Å². The molecule has 1 aromatic carbocycles. The zero-order valence-corrected chi connectivity index (χ0v) is 11.1. The highest BCUT2D eigenvalue weighted by Gasteiger charge is 2.12. The number of carbonyl (C=O) groups excluding carboxylic acids is 1. The highest BCUT2D eigenvalue weighted by Crippen LogP contribution is 2.05. The van der Waals surface area contributed by atoms with Gasteiger partial charge in [0.15, 0.2) is 0 Å². The summed E-state index contributed by atoms with van der Waals surface area (Å²) in [5, 5.41) is 10.1. The molecule has 0 aliphatic rings. The number of nitrogens with one attached hydrogen (secondary N) is 2. The summed E-state index contributed by atoms with van der Waals surface area (Å²) in [7, 11) is 1.87. The molecule has 0 bridgehead atoms. The second kappa shape index (κ2) is 6.15. The van der Waals surface area contributed by atoms with Crippen molar-refractivity contribution in [3.05, 3.63) is 48.3 Å². The highest BCUT2D eigenvalue weighted by atomic mass is 16.2. The second-order valence-electron chi connectivity index (χ2n) is 4.48. The zero-order valence-electron chi connectivity index (χ0n) is 11.1. The first kappa shape index (κ1) is 13.3. The Balaban J connectivity index is 1.82. The number of carbonyl (C=O) groups is 1. The third kappa shape index (κ3) is 3.93. The summed E-state index contributed by atoms with van der Waals surface area (Å²) in [6.07, 6.45) is 3.71. The number of amides is 1. The first-order chi connectivity index (χ1) is 9.15. The molecule has 100 valence electrons. The molecule has 1 aromatic heterocycles. The number of nitrogens with zero attached hydrogens (tertiary/aromatic N) is 2. The lowest BCUT2D eigenvalue weighted by atomic mass is 10.2. The molecule has 0 radical (unpaired) electrons. The molecule has 0 saturated heterocycles. The highest BCUT2D eigenvalue weighted by molar-refractivity contribution is 5.94. The van der Waals surface area contributed by atoms with Crippen molar-refractivity contribution < 1.29 is 4.79 Å². The molecule has 5 nitrogen and oxygen atoms in total. The molecule has 1 atom stereocenters. The number of rotatable bonds is 5. The predicted molar refractivity (Wildman–Crippen MR) is 74.6 cm³/mol. The van der Waals surface area contributed by atoms with Crippen LogP contribution >= 0.6 is 0 Å². The fourth-order valence-corrected chi connectivity index (χ4v) is 1.70. The standard InChI is InChI=1S/C14H18N4O/c1-11(15-8-12-9-16-18(2)10-12)14(19)17-13-6-4-3-5-7-13/h3-7,9-11,15H,8H2,1-2H3,(H,17,19). The van der Waals surface area contributed by atoms with Crippen LogP contribution < -0.4 is 10.6 Å². The minimum Gasteiger partial charge on any atom is -0.325 e. The van der Waals surface area contributed by atoms with Crippen molar-refractivity contribution in [3.8, 4) is 0 Å². The van der Waals surface area contributed by atoms with Crippen molar-refractivity contribution in [3.63, 3.8) is 0 Å². The Hall–Kier alpha value is -2.14. The van der Waals surface area contributed by atoms with Gasteiger partial charge in [0.1, 0.15) is 0 Å². The Morgan fingerprint density at radius 2 is 2.11 bits per heavy atom.